The zero-order valence-corrected chi connectivity index (χ0v) is 24.8. The number of nitrogens with zero attached hydrogens (tertiary/aromatic N) is 1. The Labute approximate surface area is 264 Å². The lowest BCUT2D eigenvalue weighted by Crippen LogP contribution is -2.12. The normalized spacial score (nSPS) is 11.1. The van der Waals surface area contributed by atoms with E-state index < -0.39 is 0 Å². The van der Waals surface area contributed by atoms with Crippen molar-refractivity contribution >= 4 is 38.6 Å². The zero-order valence-electron chi connectivity index (χ0n) is 24.8. The van der Waals surface area contributed by atoms with Crippen LogP contribution >= 0.6 is 0 Å². The summed E-state index contributed by atoms with van der Waals surface area (Å²) >= 11 is 0. The lowest BCUT2D eigenvalue weighted by molar-refractivity contribution is 1.29. The highest BCUT2D eigenvalue weighted by Gasteiger charge is 2.22. The predicted molar refractivity (Wildman–Crippen MR) is 192 cm³/mol. The number of para-hydroxylation sites is 3. The van der Waals surface area contributed by atoms with Crippen LogP contribution in [0.2, 0.25) is 0 Å². The van der Waals surface area contributed by atoms with Gasteiger partial charge in [-0.2, -0.15) is 0 Å². The van der Waals surface area contributed by atoms with E-state index in [0.29, 0.717) is 0 Å². The van der Waals surface area contributed by atoms with E-state index in [2.05, 4.69) is 193 Å². The summed E-state index contributed by atoms with van der Waals surface area (Å²) in [4.78, 5) is 2.43. The second kappa shape index (κ2) is 11.6. The summed E-state index contributed by atoms with van der Waals surface area (Å²) in [6.45, 7) is 0. The van der Waals surface area contributed by atoms with Crippen molar-refractivity contribution in [1.82, 2.24) is 0 Å². The average Bonchev–Trinajstić information content (AvgIpc) is 3.12. The minimum Gasteiger partial charge on any atom is -0.309 e. The van der Waals surface area contributed by atoms with Crippen LogP contribution in [0.5, 0.6) is 0 Å². The summed E-state index contributed by atoms with van der Waals surface area (Å²) in [7, 11) is 0. The van der Waals surface area contributed by atoms with Crippen LogP contribution in [0.4, 0.5) is 17.1 Å². The fraction of sp³-hybridized carbons (Fsp3) is 0. The van der Waals surface area contributed by atoms with E-state index in [-0.39, 0.29) is 0 Å². The second-order valence-corrected chi connectivity index (χ2v) is 11.3. The van der Waals surface area contributed by atoms with Crippen molar-refractivity contribution in [3.8, 4) is 33.4 Å². The molecule has 0 aliphatic heterocycles. The van der Waals surface area contributed by atoms with Gasteiger partial charge in [0.2, 0.25) is 0 Å². The van der Waals surface area contributed by atoms with Gasteiger partial charge < -0.3 is 4.90 Å². The lowest BCUT2D eigenvalue weighted by Gasteiger charge is -2.30. The Bertz CT molecular complexity index is 2260. The van der Waals surface area contributed by atoms with Gasteiger partial charge in [0.1, 0.15) is 0 Å². The van der Waals surface area contributed by atoms with Crippen molar-refractivity contribution in [3.63, 3.8) is 0 Å². The van der Waals surface area contributed by atoms with Gasteiger partial charge in [-0.15, -0.1) is 0 Å². The Morgan fingerprint density at radius 1 is 0.289 bits per heavy atom. The van der Waals surface area contributed by atoms with Gasteiger partial charge in [-0.25, -0.2) is 0 Å². The monoisotopic (exact) mass is 573 g/mol. The van der Waals surface area contributed by atoms with E-state index in [1.807, 2.05) is 0 Å². The number of anilines is 3. The topological polar surface area (TPSA) is 3.24 Å². The minimum atomic E-state index is 1.11. The smallest absolute Gasteiger partial charge is 0.0540 e. The van der Waals surface area contributed by atoms with Gasteiger partial charge in [-0.3, -0.25) is 0 Å². The van der Waals surface area contributed by atoms with E-state index in [1.54, 1.807) is 0 Å². The molecule has 0 heterocycles. The highest BCUT2D eigenvalue weighted by molar-refractivity contribution is 6.09. The first kappa shape index (κ1) is 26.7. The molecule has 0 aliphatic carbocycles. The van der Waals surface area contributed by atoms with Crippen molar-refractivity contribution in [3.05, 3.63) is 188 Å². The molecule has 0 radical (unpaired) electrons. The third-order valence-corrected chi connectivity index (χ3v) is 8.66. The van der Waals surface area contributed by atoms with Crippen molar-refractivity contribution in [2.45, 2.75) is 0 Å². The molecule has 8 aromatic carbocycles. The Morgan fingerprint density at radius 2 is 0.756 bits per heavy atom. The van der Waals surface area contributed by atoms with E-state index in [4.69, 9.17) is 0 Å². The van der Waals surface area contributed by atoms with Gasteiger partial charge in [-0.05, 0) is 68.1 Å². The molecule has 212 valence electrons. The third kappa shape index (κ3) is 4.85. The highest BCUT2D eigenvalue weighted by atomic mass is 15.1. The van der Waals surface area contributed by atoms with Crippen LogP contribution in [-0.4, -0.2) is 0 Å². The molecule has 1 nitrogen and oxygen atoms in total. The van der Waals surface area contributed by atoms with Crippen molar-refractivity contribution in [1.29, 1.82) is 0 Å². The summed E-state index contributed by atoms with van der Waals surface area (Å²) in [5.74, 6) is 0. The van der Waals surface area contributed by atoms with Crippen LogP contribution in [0.15, 0.2) is 188 Å². The third-order valence-electron chi connectivity index (χ3n) is 8.66. The van der Waals surface area contributed by atoms with Crippen LogP contribution in [0.3, 0.4) is 0 Å². The number of hydrogen-bond donors (Lipinski definition) is 0. The number of fused-ring (bicyclic) bond motifs is 2. The molecule has 0 saturated heterocycles. The molecule has 45 heavy (non-hydrogen) atoms. The molecule has 0 bridgehead atoms. The first-order valence-corrected chi connectivity index (χ1v) is 15.5. The van der Waals surface area contributed by atoms with Crippen LogP contribution in [0, 0.1) is 0 Å². The van der Waals surface area contributed by atoms with Crippen LogP contribution in [0.1, 0.15) is 0 Å². The summed E-state index contributed by atoms with van der Waals surface area (Å²) < 4.78 is 0. The number of benzene rings is 8. The molecule has 0 aliphatic rings. The Morgan fingerprint density at radius 3 is 1.47 bits per heavy atom. The first-order chi connectivity index (χ1) is 22.4. The lowest BCUT2D eigenvalue weighted by atomic mass is 9.90. The van der Waals surface area contributed by atoms with E-state index in [1.165, 1.54) is 54.9 Å². The summed E-state index contributed by atoms with van der Waals surface area (Å²) in [5, 5.41) is 4.97. The molecular formula is C44H31N. The van der Waals surface area contributed by atoms with Gasteiger partial charge in [-0.1, -0.05) is 164 Å². The highest BCUT2D eigenvalue weighted by Crippen LogP contribution is 2.47. The van der Waals surface area contributed by atoms with Crippen molar-refractivity contribution in [2.24, 2.45) is 0 Å². The van der Waals surface area contributed by atoms with E-state index >= 15 is 0 Å². The molecule has 0 unspecified atom stereocenters. The van der Waals surface area contributed by atoms with Crippen molar-refractivity contribution in [2.75, 3.05) is 4.90 Å². The van der Waals surface area contributed by atoms with Crippen molar-refractivity contribution < 1.29 is 0 Å². The molecule has 0 saturated carbocycles. The molecular weight excluding hydrogens is 542 g/mol. The van der Waals surface area contributed by atoms with E-state index in [0.717, 1.165) is 17.1 Å². The Balaban J connectivity index is 1.41. The minimum absolute atomic E-state index is 1.11. The average molecular weight is 574 g/mol. The molecule has 8 rings (SSSR count). The van der Waals surface area contributed by atoms with Gasteiger partial charge >= 0.3 is 0 Å². The standard InChI is InChI=1S/C44H31N/c1-3-16-33(17-4-1)37-27-14-20-34-21-15-29-41(44(34)37)40-26-10-12-31-43(40)45(35-22-5-2-6-23-35)42-30-11-9-25-39(42)38-28-13-19-32-18-7-8-24-36(32)38/h1-31H. The van der Waals surface area contributed by atoms with E-state index in [9.17, 15) is 0 Å². The van der Waals surface area contributed by atoms with Gasteiger partial charge in [0.05, 0.1) is 11.4 Å². The molecule has 0 spiro atoms. The van der Waals surface area contributed by atoms with Crippen LogP contribution in [-0.2, 0) is 0 Å². The van der Waals surface area contributed by atoms with Gasteiger partial charge in [0.25, 0.3) is 0 Å². The SMILES string of the molecule is c1ccc(-c2cccc3cccc(-c4ccccc4N(c4ccccc4)c4ccccc4-c4cccc5ccccc45)c23)cc1. The molecule has 8 aromatic rings. The Kier molecular flexibility index (Phi) is 6.90. The Hall–Kier alpha value is -5.92. The van der Waals surface area contributed by atoms with Gasteiger partial charge in [0, 0.05) is 16.8 Å². The number of hydrogen-bond acceptors (Lipinski definition) is 1. The number of rotatable bonds is 6. The maximum atomic E-state index is 2.43. The largest absolute Gasteiger partial charge is 0.309 e. The fourth-order valence-electron chi connectivity index (χ4n) is 6.66. The molecule has 0 aromatic heterocycles. The maximum Gasteiger partial charge on any atom is 0.0540 e. The van der Waals surface area contributed by atoms with Crippen LogP contribution in [0.25, 0.3) is 54.9 Å². The molecule has 0 N–H and O–H groups in total. The zero-order chi connectivity index (χ0) is 30.0. The summed E-state index contributed by atoms with van der Waals surface area (Å²) in [6, 6.07) is 67.6. The quantitative estimate of drug-likeness (QED) is 0.191. The molecule has 0 atom stereocenters. The first-order valence-electron chi connectivity index (χ1n) is 15.5. The maximum absolute atomic E-state index is 2.43. The molecule has 0 amide bonds. The summed E-state index contributed by atoms with van der Waals surface area (Å²) in [5.41, 5.74) is 10.6. The van der Waals surface area contributed by atoms with Crippen LogP contribution < -0.4 is 4.90 Å². The van der Waals surface area contributed by atoms with Gasteiger partial charge in [0.15, 0.2) is 0 Å². The fourth-order valence-corrected chi connectivity index (χ4v) is 6.66. The second-order valence-electron chi connectivity index (χ2n) is 11.3. The molecule has 0 fully saturated rings. The predicted octanol–water partition coefficient (Wildman–Crippen LogP) is 12.5. The molecule has 1 heteroatoms. The summed E-state index contributed by atoms with van der Waals surface area (Å²) in [6.07, 6.45) is 0.